The van der Waals surface area contributed by atoms with Gasteiger partial charge in [0.15, 0.2) is 0 Å². The van der Waals surface area contributed by atoms with Gasteiger partial charge in [0.25, 0.3) is 0 Å². The maximum absolute atomic E-state index is 13.9. The molecule has 0 fully saturated rings. The van der Waals surface area contributed by atoms with E-state index in [2.05, 4.69) is 21.9 Å². The molecule has 0 aliphatic heterocycles. The maximum atomic E-state index is 13.9. The van der Waals surface area contributed by atoms with E-state index < -0.39 is 5.95 Å². The van der Waals surface area contributed by atoms with Crippen LogP contribution in [0.2, 0.25) is 0 Å². The summed E-state index contributed by atoms with van der Waals surface area (Å²) in [4.78, 5) is 8.28. The van der Waals surface area contributed by atoms with E-state index in [4.69, 9.17) is 0 Å². The van der Waals surface area contributed by atoms with E-state index in [1.54, 1.807) is 37.4 Å². The fourth-order valence-electron chi connectivity index (χ4n) is 2.23. The Hall–Kier alpha value is -2.73. The number of benzene rings is 1. The van der Waals surface area contributed by atoms with Crippen molar-refractivity contribution >= 4 is 33.4 Å². The summed E-state index contributed by atoms with van der Waals surface area (Å²) in [5.41, 5.74) is 2.09. The summed E-state index contributed by atoms with van der Waals surface area (Å²) in [5.74, 6) is 0.223. The third-order valence-electron chi connectivity index (χ3n) is 3.45. The molecule has 0 saturated heterocycles. The highest BCUT2D eigenvalue weighted by Crippen LogP contribution is 2.26. The fraction of sp³-hybridized carbons (Fsp3) is 0.111. The molecule has 0 radical (unpaired) electrons. The second-order valence-electron chi connectivity index (χ2n) is 5.27. The third-order valence-corrected chi connectivity index (χ3v) is 4.43. The predicted molar refractivity (Wildman–Crippen MR) is 96.9 cm³/mol. The number of rotatable bonds is 5. The number of fused-ring (bicyclic) bond motifs is 1. The lowest BCUT2D eigenvalue weighted by Crippen LogP contribution is -1.99. The standard InChI is InChI=1S/C18H16FN3OS/c1-11(9-12-4-7-16(20-2)22-18(12)19)3-8-17-21-14-6-5-13(23)10-15(14)24-17/h3-8,10,23H,1,9H2,2H3,(H,20,22)/b8-3+. The molecular formula is C18H16FN3OS. The second kappa shape index (κ2) is 6.80. The van der Waals surface area contributed by atoms with Gasteiger partial charge in [-0.1, -0.05) is 24.3 Å². The van der Waals surface area contributed by atoms with Gasteiger partial charge in [-0.25, -0.2) is 9.97 Å². The summed E-state index contributed by atoms with van der Waals surface area (Å²) >= 11 is 1.47. The minimum atomic E-state index is -0.494. The first-order chi connectivity index (χ1) is 11.5. The molecular weight excluding hydrogens is 325 g/mol. The number of allylic oxidation sites excluding steroid dienone is 2. The first-order valence-corrected chi connectivity index (χ1v) is 8.15. The summed E-state index contributed by atoms with van der Waals surface area (Å²) in [7, 11) is 1.70. The number of anilines is 1. The van der Waals surface area contributed by atoms with E-state index in [-0.39, 0.29) is 5.75 Å². The number of halogens is 1. The molecule has 6 heteroatoms. The number of hydrogen-bond acceptors (Lipinski definition) is 5. The fourth-order valence-corrected chi connectivity index (χ4v) is 3.13. The van der Waals surface area contributed by atoms with Crippen LogP contribution in [0.3, 0.4) is 0 Å². The SMILES string of the molecule is C=C(/C=C/c1nc2ccc(O)cc2s1)Cc1ccc(NC)nc1F. The van der Waals surface area contributed by atoms with Crippen LogP contribution in [0.25, 0.3) is 16.3 Å². The first kappa shape index (κ1) is 16.1. The van der Waals surface area contributed by atoms with Gasteiger partial charge >= 0.3 is 0 Å². The van der Waals surface area contributed by atoms with Crippen molar-refractivity contribution in [1.29, 1.82) is 0 Å². The highest BCUT2D eigenvalue weighted by molar-refractivity contribution is 7.19. The van der Waals surface area contributed by atoms with E-state index in [9.17, 15) is 9.50 Å². The number of nitrogens with one attached hydrogen (secondary N) is 1. The van der Waals surface area contributed by atoms with E-state index in [0.29, 0.717) is 17.8 Å². The van der Waals surface area contributed by atoms with Crippen LogP contribution < -0.4 is 5.32 Å². The van der Waals surface area contributed by atoms with Gasteiger partial charge < -0.3 is 10.4 Å². The Morgan fingerprint density at radius 3 is 2.92 bits per heavy atom. The van der Waals surface area contributed by atoms with Crippen LogP contribution >= 0.6 is 11.3 Å². The molecule has 3 rings (SSSR count). The van der Waals surface area contributed by atoms with Crippen LogP contribution in [-0.4, -0.2) is 22.1 Å². The van der Waals surface area contributed by atoms with Crippen molar-refractivity contribution in [2.24, 2.45) is 0 Å². The van der Waals surface area contributed by atoms with Crippen molar-refractivity contribution in [3.05, 3.63) is 65.1 Å². The van der Waals surface area contributed by atoms with Crippen LogP contribution in [0.15, 0.2) is 48.6 Å². The second-order valence-corrected chi connectivity index (χ2v) is 6.33. The highest BCUT2D eigenvalue weighted by atomic mass is 32.1. The molecule has 0 unspecified atom stereocenters. The number of phenolic OH excluding ortho intramolecular Hbond substituents is 1. The zero-order valence-electron chi connectivity index (χ0n) is 13.1. The van der Waals surface area contributed by atoms with Crippen LogP contribution in [-0.2, 0) is 6.42 Å². The predicted octanol–water partition coefficient (Wildman–Crippen LogP) is 4.39. The maximum Gasteiger partial charge on any atom is 0.218 e. The van der Waals surface area contributed by atoms with Gasteiger partial charge in [-0.15, -0.1) is 11.3 Å². The first-order valence-electron chi connectivity index (χ1n) is 7.34. The molecule has 0 spiro atoms. The van der Waals surface area contributed by atoms with Gasteiger partial charge in [0.2, 0.25) is 5.95 Å². The minimum absolute atomic E-state index is 0.221. The van der Waals surface area contributed by atoms with Gasteiger partial charge in [-0.2, -0.15) is 4.39 Å². The number of nitrogens with zero attached hydrogens (tertiary/aromatic N) is 2. The Kier molecular flexibility index (Phi) is 4.57. The zero-order valence-corrected chi connectivity index (χ0v) is 13.9. The molecule has 122 valence electrons. The van der Waals surface area contributed by atoms with Crippen LogP contribution in [0.1, 0.15) is 10.6 Å². The molecule has 0 saturated carbocycles. The molecule has 0 aliphatic rings. The molecule has 4 nitrogen and oxygen atoms in total. The van der Waals surface area contributed by atoms with Gasteiger partial charge in [-0.3, -0.25) is 0 Å². The van der Waals surface area contributed by atoms with Crippen molar-refractivity contribution < 1.29 is 9.50 Å². The lowest BCUT2D eigenvalue weighted by Gasteiger charge is -2.04. The monoisotopic (exact) mass is 341 g/mol. The van der Waals surface area contributed by atoms with Crippen LogP contribution in [0.5, 0.6) is 5.75 Å². The van der Waals surface area contributed by atoms with Crippen molar-refractivity contribution in [2.45, 2.75) is 6.42 Å². The van der Waals surface area contributed by atoms with Gasteiger partial charge in [0, 0.05) is 19.0 Å². The number of aromatic nitrogens is 2. The zero-order chi connectivity index (χ0) is 17.1. The molecule has 2 heterocycles. The molecule has 2 aromatic heterocycles. The molecule has 0 atom stereocenters. The lowest BCUT2D eigenvalue weighted by molar-refractivity contribution is 0.476. The molecule has 1 aromatic carbocycles. The molecule has 3 aromatic rings. The Morgan fingerprint density at radius 2 is 2.17 bits per heavy atom. The number of phenols is 1. The Labute approximate surface area is 143 Å². The third kappa shape index (κ3) is 3.60. The van der Waals surface area contributed by atoms with Crippen molar-refractivity contribution in [1.82, 2.24) is 9.97 Å². The smallest absolute Gasteiger partial charge is 0.218 e. The molecule has 0 aliphatic carbocycles. The van der Waals surface area contributed by atoms with E-state index >= 15 is 0 Å². The highest BCUT2D eigenvalue weighted by Gasteiger charge is 2.06. The van der Waals surface area contributed by atoms with E-state index in [1.807, 2.05) is 12.2 Å². The lowest BCUT2D eigenvalue weighted by atomic mass is 10.1. The topological polar surface area (TPSA) is 58.0 Å². The van der Waals surface area contributed by atoms with E-state index in [0.717, 1.165) is 20.8 Å². The summed E-state index contributed by atoms with van der Waals surface area (Å²) in [6.45, 7) is 3.96. The molecule has 2 N–H and O–H groups in total. The van der Waals surface area contributed by atoms with Gasteiger partial charge in [0.05, 0.1) is 10.2 Å². The van der Waals surface area contributed by atoms with Crippen LogP contribution in [0.4, 0.5) is 10.2 Å². The normalized spacial score (nSPS) is 11.2. The average molecular weight is 341 g/mol. The van der Waals surface area contributed by atoms with Crippen molar-refractivity contribution in [3.8, 4) is 5.75 Å². The Morgan fingerprint density at radius 1 is 1.33 bits per heavy atom. The quantitative estimate of drug-likeness (QED) is 0.534. The van der Waals surface area contributed by atoms with Crippen molar-refractivity contribution in [3.63, 3.8) is 0 Å². The Balaban J connectivity index is 1.72. The largest absolute Gasteiger partial charge is 0.508 e. The van der Waals surface area contributed by atoms with Crippen molar-refractivity contribution in [2.75, 3.05) is 12.4 Å². The van der Waals surface area contributed by atoms with Crippen LogP contribution in [0, 0.1) is 5.95 Å². The summed E-state index contributed by atoms with van der Waals surface area (Å²) in [6.07, 6.45) is 4.05. The van der Waals surface area contributed by atoms with Gasteiger partial charge in [0.1, 0.15) is 16.6 Å². The Bertz CT molecular complexity index is 933. The summed E-state index contributed by atoms with van der Waals surface area (Å²) in [5, 5.41) is 13.1. The molecule has 0 bridgehead atoms. The average Bonchev–Trinajstić information content (AvgIpc) is 2.96. The summed E-state index contributed by atoms with van der Waals surface area (Å²) < 4.78 is 14.8. The number of pyridine rings is 1. The number of aromatic hydroxyl groups is 1. The summed E-state index contributed by atoms with van der Waals surface area (Å²) in [6, 6.07) is 8.50. The molecule has 24 heavy (non-hydrogen) atoms. The van der Waals surface area contributed by atoms with E-state index in [1.165, 1.54) is 11.3 Å². The minimum Gasteiger partial charge on any atom is -0.508 e. The van der Waals surface area contributed by atoms with Gasteiger partial charge in [-0.05, 0) is 30.3 Å². The number of thiazole rings is 1. The molecule has 0 amide bonds. The number of hydrogen-bond donors (Lipinski definition) is 2.